The second-order valence-corrected chi connectivity index (χ2v) is 3.59. The number of thioether (sulfide) groups is 1. The van der Waals surface area contributed by atoms with Gasteiger partial charge in [0.05, 0.1) is 12.8 Å². The lowest BCUT2D eigenvalue weighted by molar-refractivity contribution is 0.322. The Morgan fingerprint density at radius 2 is 2.38 bits per heavy atom. The Kier molecular flexibility index (Phi) is 2.47. The van der Waals surface area contributed by atoms with Crippen molar-refractivity contribution in [2.24, 2.45) is 0 Å². The molecule has 2 heterocycles. The molecule has 2 aromatic heterocycles. The van der Waals surface area contributed by atoms with Crippen LogP contribution >= 0.6 is 11.8 Å². The second-order valence-electron chi connectivity index (χ2n) is 2.47. The summed E-state index contributed by atoms with van der Waals surface area (Å²) < 4.78 is 1.71. The van der Waals surface area contributed by atoms with Gasteiger partial charge in [0.1, 0.15) is 5.03 Å². The van der Waals surface area contributed by atoms with Crippen LogP contribution in [-0.2, 0) is 0 Å². The van der Waals surface area contributed by atoms with Crippen LogP contribution in [0.1, 0.15) is 0 Å². The normalized spacial score (nSPS) is 10.8. The number of fused-ring (bicyclic) bond motifs is 1. The summed E-state index contributed by atoms with van der Waals surface area (Å²) >= 11 is 1.54. The summed E-state index contributed by atoms with van der Waals surface area (Å²) in [5.74, 6) is 0.678. The van der Waals surface area contributed by atoms with Crippen molar-refractivity contribution in [3.63, 3.8) is 0 Å². The average molecular weight is 195 g/mol. The molecule has 0 atom stereocenters. The van der Waals surface area contributed by atoms with E-state index in [1.807, 2.05) is 18.3 Å². The van der Waals surface area contributed by atoms with Crippen LogP contribution in [0.4, 0.5) is 0 Å². The van der Waals surface area contributed by atoms with Gasteiger partial charge < -0.3 is 5.11 Å². The highest BCUT2D eigenvalue weighted by Gasteiger charge is 1.97. The molecule has 0 saturated carbocycles. The zero-order chi connectivity index (χ0) is 9.10. The Balaban J connectivity index is 2.26. The summed E-state index contributed by atoms with van der Waals surface area (Å²) in [4.78, 5) is 4.33. The summed E-state index contributed by atoms with van der Waals surface area (Å²) in [7, 11) is 0. The van der Waals surface area contributed by atoms with E-state index in [0.717, 1.165) is 10.7 Å². The van der Waals surface area contributed by atoms with Crippen LogP contribution < -0.4 is 0 Å². The van der Waals surface area contributed by atoms with Gasteiger partial charge in [0.25, 0.3) is 0 Å². The fourth-order valence-electron chi connectivity index (χ4n) is 1.03. The van der Waals surface area contributed by atoms with E-state index in [0.29, 0.717) is 5.75 Å². The predicted molar refractivity (Wildman–Crippen MR) is 50.8 cm³/mol. The van der Waals surface area contributed by atoms with Gasteiger partial charge in [-0.25, -0.2) is 9.50 Å². The summed E-state index contributed by atoms with van der Waals surface area (Å²) in [6.07, 6.45) is 3.57. The topological polar surface area (TPSA) is 50.4 Å². The summed E-state index contributed by atoms with van der Waals surface area (Å²) in [6.45, 7) is 0.177. The van der Waals surface area contributed by atoms with Crippen LogP contribution in [0, 0.1) is 0 Å². The largest absolute Gasteiger partial charge is 0.396 e. The highest BCUT2D eigenvalue weighted by Crippen LogP contribution is 2.14. The first-order valence-electron chi connectivity index (χ1n) is 3.94. The minimum Gasteiger partial charge on any atom is -0.396 e. The Morgan fingerprint density at radius 3 is 3.23 bits per heavy atom. The third-order valence-electron chi connectivity index (χ3n) is 1.57. The lowest BCUT2D eigenvalue weighted by atomic mass is 10.6. The Labute approximate surface area is 79.6 Å². The molecule has 0 fully saturated rings. The van der Waals surface area contributed by atoms with Crippen LogP contribution in [0.2, 0.25) is 0 Å². The van der Waals surface area contributed by atoms with Crippen molar-refractivity contribution in [2.45, 2.75) is 5.03 Å². The van der Waals surface area contributed by atoms with E-state index in [1.165, 1.54) is 11.8 Å². The molecule has 0 unspecified atom stereocenters. The lowest BCUT2D eigenvalue weighted by Crippen LogP contribution is -1.92. The molecule has 0 aliphatic rings. The van der Waals surface area contributed by atoms with Crippen LogP contribution in [0.15, 0.2) is 29.6 Å². The Hall–Kier alpha value is -1.07. The van der Waals surface area contributed by atoms with Crippen molar-refractivity contribution in [3.8, 4) is 0 Å². The fraction of sp³-hybridized carbons (Fsp3) is 0.250. The number of aliphatic hydroxyl groups is 1. The van der Waals surface area contributed by atoms with Crippen LogP contribution in [0.3, 0.4) is 0 Å². The standard InChI is InChI=1S/C8H9N3OS/c12-5-6-13-8-2-4-11-7(10-8)1-3-9-11/h1-4,12H,5-6H2. The molecule has 5 heteroatoms. The molecule has 0 bridgehead atoms. The van der Waals surface area contributed by atoms with Gasteiger partial charge >= 0.3 is 0 Å². The monoisotopic (exact) mass is 195 g/mol. The molecule has 2 rings (SSSR count). The number of aliphatic hydroxyl groups excluding tert-OH is 1. The van der Waals surface area contributed by atoms with Gasteiger partial charge in [-0.15, -0.1) is 11.8 Å². The first kappa shape index (κ1) is 8.52. The van der Waals surface area contributed by atoms with Gasteiger partial charge in [-0.3, -0.25) is 0 Å². The number of hydrogen-bond donors (Lipinski definition) is 1. The molecule has 1 N–H and O–H groups in total. The number of hydrogen-bond acceptors (Lipinski definition) is 4. The minimum atomic E-state index is 0.177. The molecule has 2 aromatic rings. The molecule has 0 aliphatic heterocycles. The maximum absolute atomic E-state index is 8.63. The Bertz CT molecular complexity index is 401. The first-order chi connectivity index (χ1) is 6.40. The summed E-state index contributed by atoms with van der Waals surface area (Å²) in [6, 6.07) is 3.74. The summed E-state index contributed by atoms with van der Waals surface area (Å²) in [5, 5.41) is 13.6. The molecule has 4 nitrogen and oxygen atoms in total. The van der Waals surface area contributed by atoms with E-state index in [4.69, 9.17) is 5.11 Å². The van der Waals surface area contributed by atoms with E-state index in [9.17, 15) is 0 Å². The minimum absolute atomic E-state index is 0.177. The fourth-order valence-corrected chi connectivity index (χ4v) is 1.64. The third kappa shape index (κ3) is 1.81. The molecule has 0 aliphatic carbocycles. The molecule has 0 spiro atoms. The molecule has 13 heavy (non-hydrogen) atoms. The number of rotatable bonds is 3. The lowest BCUT2D eigenvalue weighted by Gasteiger charge is -1.98. The van der Waals surface area contributed by atoms with Crippen LogP contribution in [-0.4, -0.2) is 32.1 Å². The van der Waals surface area contributed by atoms with Crippen molar-refractivity contribution in [1.29, 1.82) is 0 Å². The second kappa shape index (κ2) is 3.76. The maximum atomic E-state index is 8.63. The van der Waals surface area contributed by atoms with Crippen molar-refractivity contribution >= 4 is 17.4 Å². The van der Waals surface area contributed by atoms with E-state index < -0.39 is 0 Å². The third-order valence-corrected chi connectivity index (χ3v) is 2.48. The zero-order valence-corrected chi connectivity index (χ0v) is 7.74. The van der Waals surface area contributed by atoms with Gasteiger partial charge in [-0.1, -0.05) is 0 Å². The van der Waals surface area contributed by atoms with Gasteiger partial charge in [0.2, 0.25) is 0 Å². The van der Waals surface area contributed by atoms with Gasteiger partial charge in [-0.2, -0.15) is 5.10 Å². The van der Waals surface area contributed by atoms with Crippen molar-refractivity contribution < 1.29 is 5.11 Å². The molecular formula is C8H9N3OS. The van der Waals surface area contributed by atoms with Crippen molar-refractivity contribution in [1.82, 2.24) is 14.6 Å². The quantitative estimate of drug-likeness (QED) is 0.581. The first-order valence-corrected chi connectivity index (χ1v) is 4.93. The van der Waals surface area contributed by atoms with Gasteiger partial charge in [0, 0.05) is 18.0 Å². The van der Waals surface area contributed by atoms with Gasteiger partial charge in [-0.05, 0) is 6.07 Å². The molecule has 0 aromatic carbocycles. The van der Waals surface area contributed by atoms with E-state index >= 15 is 0 Å². The van der Waals surface area contributed by atoms with Crippen LogP contribution in [0.25, 0.3) is 5.65 Å². The van der Waals surface area contributed by atoms with E-state index in [2.05, 4.69) is 10.1 Å². The smallest absolute Gasteiger partial charge is 0.156 e. The SMILES string of the molecule is OCCSc1ccn2nccc2n1. The molecule has 0 radical (unpaired) electrons. The molecular weight excluding hydrogens is 186 g/mol. The molecule has 68 valence electrons. The van der Waals surface area contributed by atoms with E-state index in [1.54, 1.807) is 10.7 Å². The summed E-state index contributed by atoms with van der Waals surface area (Å²) in [5.41, 5.74) is 0.836. The number of aromatic nitrogens is 3. The van der Waals surface area contributed by atoms with Gasteiger partial charge in [0.15, 0.2) is 5.65 Å². The Morgan fingerprint density at radius 1 is 1.46 bits per heavy atom. The van der Waals surface area contributed by atoms with Crippen LogP contribution in [0.5, 0.6) is 0 Å². The van der Waals surface area contributed by atoms with E-state index in [-0.39, 0.29) is 6.61 Å². The maximum Gasteiger partial charge on any atom is 0.156 e. The highest BCUT2D eigenvalue weighted by atomic mass is 32.2. The van der Waals surface area contributed by atoms with Crippen molar-refractivity contribution in [3.05, 3.63) is 24.5 Å². The van der Waals surface area contributed by atoms with Crippen molar-refractivity contribution in [2.75, 3.05) is 12.4 Å². The highest BCUT2D eigenvalue weighted by molar-refractivity contribution is 7.99. The number of nitrogens with zero attached hydrogens (tertiary/aromatic N) is 3. The molecule has 0 saturated heterocycles. The zero-order valence-electron chi connectivity index (χ0n) is 6.92. The average Bonchev–Trinajstić information content (AvgIpc) is 2.61. The molecule has 0 amide bonds. The predicted octanol–water partition coefficient (Wildman–Crippen LogP) is 0.814.